The van der Waals surface area contributed by atoms with Crippen LogP contribution in [0.1, 0.15) is 16.2 Å². The van der Waals surface area contributed by atoms with Gasteiger partial charge in [-0.05, 0) is 13.0 Å². The molecule has 0 radical (unpaired) electrons. The number of aromatic nitrogens is 2. The van der Waals surface area contributed by atoms with Crippen LogP contribution in [0.25, 0.3) is 0 Å². The van der Waals surface area contributed by atoms with E-state index in [1.54, 1.807) is 13.1 Å². The number of hydrazine groups is 1. The molecule has 0 saturated heterocycles. The van der Waals surface area contributed by atoms with Crippen molar-refractivity contribution in [3.8, 4) is 0 Å². The standard InChI is InChI=1S/C6H10N4O/c1-4-3-5(9-8-4)6(11)10-7-2/h3,7H,1-2H3,(H,8,9)(H,10,11). The van der Waals surface area contributed by atoms with Crippen LogP contribution in [-0.4, -0.2) is 23.2 Å². The molecule has 0 fully saturated rings. The van der Waals surface area contributed by atoms with E-state index in [-0.39, 0.29) is 5.91 Å². The van der Waals surface area contributed by atoms with E-state index in [1.165, 1.54) is 0 Å². The van der Waals surface area contributed by atoms with Crippen molar-refractivity contribution in [3.63, 3.8) is 0 Å². The molecule has 0 aliphatic heterocycles. The fraction of sp³-hybridized carbons (Fsp3) is 0.333. The summed E-state index contributed by atoms with van der Waals surface area (Å²) >= 11 is 0. The molecule has 1 rings (SSSR count). The second-order valence-corrected chi connectivity index (χ2v) is 2.14. The van der Waals surface area contributed by atoms with Crippen LogP contribution < -0.4 is 10.9 Å². The van der Waals surface area contributed by atoms with Crippen molar-refractivity contribution in [1.82, 2.24) is 21.0 Å². The van der Waals surface area contributed by atoms with E-state index in [4.69, 9.17) is 0 Å². The van der Waals surface area contributed by atoms with Crippen LogP contribution in [0.15, 0.2) is 6.07 Å². The molecule has 0 unspecified atom stereocenters. The van der Waals surface area contributed by atoms with E-state index in [0.29, 0.717) is 5.69 Å². The monoisotopic (exact) mass is 154 g/mol. The second kappa shape index (κ2) is 3.16. The maximum Gasteiger partial charge on any atom is 0.285 e. The molecular weight excluding hydrogens is 144 g/mol. The lowest BCUT2D eigenvalue weighted by Crippen LogP contribution is -2.34. The SMILES string of the molecule is CNNC(=O)c1cc(C)[nH]n1. The van der Waals surface area contributed by atoms with Gasteiger partial charge in [-0.25, -0.2) is 5.43 Å². The van der Waals surface area contributed by atoms with Crippen molar-refractivity contribution in [2.24, 2.45) is 0 Å². The van der Waals surface area contributed by atoms with Crippen LogP contribution in [0.5, 0.6) is 0 Å². The highest BCUT2D eigenvalue weighted by Crippen LogP contribution is 1.95. The smallest absolute Gasteiger partial charge is 0.285 e. The van der Waals surface area contributed by atoms with Crippen molar-refractivity contribution in [2.45, 2.75) is 6.92 Å². The fourth-order valence-corrected chi connectivity index (χ4v) is 0.712. The Labute approximate surface area is 64.2 Å². The van der Waals surface area contributed by atoms with Crippen LogP contribution >= 0.6 is 0 Å². The molecule has 5 heteroatoms. The van der Waals surface area contributed by atoms with E-state index < -0.39 is 0 Å². The van der Waals surface area contributed by atoms with E-state index in [1.807, 2.05) is 6.92 Å². The summed E-state index contributed by atoms with van der Waals surface area (Å²) in [7, 11) is 1.62. The molecule has 0 aliphatic carbocycles. The Bertz CT molecular complexity index is 255. The van der Waals surface area contributed by atoms with Gasteiger partial charge in [0.2, 0.25) is 0 Å². The van der Waals surface area contributed by atoms with Gasteiger partial charge in [0.15, 0.2) is 5.69 Å². The number of hydrogen-bond donors (Lipinski definition) is 3. The summed E-state index contributed by atoms with van der Waals surface area (Å²) in [6.45, 7) is 1.84. The van der Waals surface area contributed by atoms with Crippen molar-refractivity contribution in [2.75, 3.05) is 7.05 Å². The molecule has 1 amide bonds. The maximum atomic E-state index is 11.0. The summed E-state index contributed by atoms with van der Waals surface area (Å²) in [4.78, 5) is 11.0. The van der Waals surface area contributed by atoms with Gasteiger partial charge in [0, 0.05) is 12.7 Å². The molecule has 0 aliphatic rings. The van der Waals surface area contributed by atoms with Crippen LogP contribution in [-0.2, 0) is 0 Å². The van der Waals surface area contributed by atoms with E-state index in [2.05, 4.69) is 21.0 Å². The third kappa shape index (κ3) is 1.78. The first-order chi connectivity index (χ1) is 5.24. The highest BCUT2D eigenvalue weighted by molar-refractivity contribution is 5.91. The number of carbonyl (C=O) groups is 1. The van der Waals surface area contributed by atoms with E-state index >= 15 is 0 Å². The minimum absolute atomic E-state index is 0.239. The molecular formula is C6H10N4O. The molecule has 3 N–H and O–H groups in total. The Balaban J connectivity index is 2.69. The quantitative estimate of drug-likeness (QED) is 0.507. The zero-order chi connectivity index (χ0) is 8.27. The summed E-state index contributed by atoms with van der Waals surface area (Å²) in [5.74, 6) is -0.239. The molecule has 11 heavy (non-hydrogen) atoms. The third-order valence-electron chi connectivity index (χ3n) is 1.18. The Morgan fingerprint density at radius 3 is 2.91 bits per heavy atom. The third-order valence-corrected chi connectivity index (χ3v) is 1.18. The number of nitrogens with one attached hydrogen (secondary N) is 3. The predicted molar refractivity (Wildman–Crippen MR) is 39.9 cm³/mol. The van der Waals surface area contributed by atoms with E-state index in [0.717, 1.165) is 5.69 Å². The number of carbonyl (C=O) groups excluding carboxylic acids is 1. The average Bonchev–Trinajstić information content (AvgIpc) is 2.36. The molecule has 60 valence electrons. The first kappa shape index (κ1) is 7.74. The first-order valence-electron chi connectivity index (χ1n) is 3.23. The Morgan fingerprint density at radius 1 is 1.73 bits per heavy atom. The van der Waals surface area contributed by atoms with Crippen LogP contribution in [0, 0.1) is 6.92 Å². The largest absolute Gasteiger partial charge is 0.286 e. The number of aryl methyl sites for hydroxylation is 1. The summed E-state index contributed by atoms with van der Waals surface area (Å²) in [5.41, 5.74) is 6.18. The van der Waals surface area contributed by atoms with Crippen molar-refractivity contribution in [3.05, 3.63) is 17.5 Å². The van der Waals surface area contributed by atoms with Gasteiger partial charge >= 0.3 is 0 Å². The average molecular weight is 154 g/mol. The molecule has 1 aromatic rings. The fourth-order valence-electron chi connectivity index (χ4n) is 0.712. The van der Waals surface area contributed by atoms with Gasteiger partial charge in [-0.1, -0.05) is 0 Å². The highest BCUT2D eigenvalue weighted by atomic mass is 16.2. The van der Waals surface area contributed by atoms with Crippen LogP contribution in [0.2, 0.25) is 0 Å². The minimum atomic E-state index is -0.239. The van der Waals surface area contributed by atoms with Gasteiger partial charge in [0.1, 0.15) is 0 Å². The van der Waals surface area contributed by atoms with Crippen molar-refractivity contribution in [1.29, 1.82) is 0 Å². The molecule has 0 bridgehead atoms. The van der Waals surface area contributed by atoms with Gasteiger partial charge in [0.25, 0.3) is 5.91 Å². The van der Waals surface area contributed by atoms with Crippen LogP contribution in [0.4, 0.5) is 0 Å². The number of H-pyrrole nitrogens is 1. The Kier molecular flexibility index (Phi) is 2.22. The normalized spacial score (nSPS) is 9.64. The number of hydrogen-bond acceptors (Lipinski definition) is 3. The number of amides is 1. The topological polar surface area (TPSA) is 69.8 Å². The molecule has 1 aromatic heterocycles. The summed E-state index contributed by atoms with van der Waals surface area (Å²) in [5, 5.41) is 6.43. The zero-order valence-corrected chi connectivity index (χ0v) is 6.43. The highest BCUT2D eigenvalue weighted by Gasteiger charge is 2.06. The van der Waals surface area contributed by atoms with Crippen molar-refractivity contribution >= 4 is 5.91 Å². The van der Waals surface area contributed by atoms with E-state index in [9.17, 15) is 4.79 Å². The lowest BCUT2D eigenvalue weighted by Gasteiger charge is -1.96. The zero-order valence-electron chi connectivity index (χ0n) is 6.43. The lowest BCUT2D eigenvalue weighted by molar-refractivity contribution is 0.0933. The first-order valence-corrected chi connectivity index (χ1v) is 3.23. The number of nitrogens with zero attached hydrogens (tertiary/aromatic N) is 1. The maximum absolute atomic E-state index is 11.0. The molecule has 5 nitrogen and oxygen atoms in total. The lowest BCUT2D eigenvalue weighted by atomic mass is 10.4. The molecule has 0 saturated carbocycles. The van der Waals surface area contributed by atoms with Crippen molar-refractivity contribution < 1.29 is 4.79 Å². The van der Waals surface area contributed by atoms with Crippen LogP contribution in [0.3, 0.4) is 0 Å². The predicted octanol–water partition coefficient (Wildman–Crippen LogP) is -0.418. The van der Waals surface area contributed by atoms with Gasteiger partial charge in [-0.3, -0.25) is 15.3 Å². The molecule has 1 heterocycles. The summed E-state index contributed by atoms with van der Waals surface area (Å²) in [6.07, 6.45) is 0. The van der Waals surface area contributed by atoms with Gasteiger partial charge < -0.3 is 0 Å². The van der Waals surface area contributed by atoms with Gasteiger partial charge in [-0.15, -0.1) is 0 Å². The summed E-state index contributed by atoms with van der Waals surface area (Å²) < 4.78 is 0. The number of rotatable bonds is 2. The van der Waals surface area contributed by atoms with Gasteiger partial charge in [-0.2, -0.15) is 5.10 Å². The summed E-state index contributed by atoms with van der Waals surface area (Å²) in [6, 6.07) is 1.67. The second-order valence-electron chi connectivity index (χ2n) is 2.14. The number of aromatic amines is 1. The molecule has 0 aromatic carbocycles. The Hall–Kier alpha value is -1.36. The Morgan fingerprint density at radius 2 is 2.45 bits per heavy atom. The molecule has 0 atom stereocenters. The minimum Gasteiger partial charge on any atom is -0.286 e. The molecule has 0 spiro atoms. The van der Waals surface area contributed by atoms with Gasteiger partial charge in [0.05, 0.1) is 0 Å².